The number of hydrogen-bond donors (Lipinski definition) is 2. The Morgan fingerprint density at radius 2 is 1.48 bits per heavy atom. The first kappa shape index (κ1) is 32.9. The summed E-state index contributed by atoms with van der Waals surface area (Å²) >= 11 is 0. The van der Waals surface area contributed by atoms with Crippen LogP contribution in [-0.2, 0) is 14.3 Å². The van der Waals surface area contributed by atoms with Crippen LogP contribution in [0.15, 0.2) is 36.4 Å². The molecule has 3 amide bonds. The summed E-state index contributed by atoms with van der Waals surface area (Å²) in [7, 11) is 0. The van der Waals surface area contributed by atoms with E-state index in [-0.39, 0.29) is 17.7 Å². The molecular formula is C33H49N3O4. The summed E-state index contributed by atoms with van der Waals surface area (Å²) in [4.78, 5) is 43.4. The number of aryl methyl sites for hydroxylation is 4. The summed E-state index contributed by atoms with van der Waals surface area (Å²) in [5.41, 5.74) is 3.88. The van der Waals surface area contributed by atoms with Crippen molar-refractivity contribution in [1.82, 2.24) is 10.2 Å². The van der Waals surface area contributed by atoms with Crippen LogP contribution in [0, 0.1) is 33.6 Å². The Morgan fingerprint density at radius 3 is 1.95 bits per heavy atom. The third-order valence-electron chi connectivity index (χ3n) is 7.32. The molecule has 2 atom stereocenters. The number of anilines is 1. The summed E-state index contributed by atoms with van der Waals surface area (Å²) in [5.74, 6) is -0.898. The van der Waals surface area contributed by atoms with Gasteiger partial charge in [-0.1, -0.05) is 62.7 Å². The first-order valence-electron chi connectivity index (χ1n) is 14.2. The lowest BCUT2D eigenvalue weighted by molar-refractivity contribution is -0.148. The monoisotopic (exact) mass is 551 g/mol. The molecule has 7 nitrogen and oxygen atoms in total. The molecule has 0 aliphatic carbocycles. The van der Waals surface area contributed by atoms with Crippen molar-refractivity contribution in [2.75, 3.05) is 5.32 Å². The predicted molar refractivity (Wildman–Crippen MR) is 162 cm³/mol. The molecule has 2 aromatic carbocycles. The van der Waals surface area contributed by atoms with E-state index in [2.05, 4.69) is 10.6 Å². The van der Waals surface area contributed by atoms with Gasteiger partial charge in [0, 0.05) is 11.2 Å². The molecule has 0 aromatic heterocycles. The number of ether oxygens (including phenoxy) is 1. The summed E-state index contributed by atoms with van der Waals surface area (Å²) < 4.78 is 5.49. The van der Waals surface area contributed by atoms with Gasteiger partial charge in [0.1, 0.15) is 17.7 Å². The fourth-order valence-electron chi connectivity index (χ4n) is 4.78. The van der Waals surface area contributed by atoms with Crippen molar-refractivity contribution in [1.29, 1.82) is 0 Å². The number of alkyl carbamates (subject to hydrolysis) is 1. The van der Waals surface area contributed by atoms with Crippen molar-refractivity contribution < 1.29 is 19.1 Å². The van der Waals surface area contributed by atoms with E-state index in [0.717, 1.165) is 33.5 Å². The molecule has 0 heterocycles. The molecule has 0 bridgehead atoms. The second kappa shape index (κ2) is 12.9. The molecule has 2 rings (SSSR count). The number of rotatable bonds is 9. The molecule has 0 aliphatic rings. The summed E-state index contributed by atoms with van der Waals surface area (Å²) in [6, 6.07) is 9.92. The van der Waals surface area contributed by atoms with E-state index >= 15 is 0 Å². The van der Waals surface area contributed by atoms with Gasteiger partial charge in [0.25, 0.3) is 5.91 Å². The zero-order valence-electron chi connectivity index (χ0n) is 26.5. The first-order chi connectivity index (χ1) is 18.4. The maximum Gasteiger partial charge on any atom is 0.408 e. The van der Waals surface area contributed by atoms with E-state index in [1.807, 2.05) is 98.7 Å². The number of nitrogens with zero attached hydrogens (tertiary/aromatic N) is 1. The van der Waals surface area contributed by atoms with E-state index in [1.54, 1.807) is 25.7 Å². The number of para-hydroxylation sites is 1. The zero-order chi connectivity index (χ0) is 30.6. The highest BCUT2D eigenvalue weighted by atomic mass is 16.6. The minimum Gasteiger partial charge on any atom is -0.444 e. The third-order valence-corrected chi connectivity index (χ3v) is 7.32. The summed E-state index contributed by atoms with van der Waals surface area (Å²) in [5, 5.41) is 5.95. The first-order valence-corrected chi connectivity index (χ1v) is 14.2. The number of benzene rings is 2. The van der Waals surface area contributed by atoms with Crippen LogP contribution in [0.25, 0.3) is 0 Å². The van der Waals surface area contributed by atoms with Crippen molar-refractivity contribution in [3.05, 3.63) is 64.2 Å². The Labute approximate surface area is 241 Å². The zero-order valence-corrected chi connectivity index (χ0v) is 26.5. The number of carbonyl (C=O) groups excluding carboxylic acids is 3. The molecule has 0 saturated heterocycles. The largest absolute Gasteiger partial charge is 0.444 e. The second-order valence-corrected chi connectivity index (χ2v) is 12.8. The second-order valence-electron chi connectivity index (χ2n) is 12.8. The van der Waals surface area contributed by atoms with Crippen LogP contribution in [0.5, 0.6) is 0 Å². The highest BCUT2D eigenvalue weighted by Crippen LogP contribution is 2.36. The van der Waals surface area contributed by atoms with Gasteiger partial charge in [-0.25, -0.2) is 4.79 Å². The number of hydrogen-bond acceptors (Lipinski definition) is 4. The third kappa shape index (κ3) is 8.09. The van der Waals surface area contributed by atoms with Gasteiger partial charge in [-0.05, 0) is 96.9 Å². The molecule has 0 fully saturated rings. The van der Waals surface area contributed by atoms with Crippen LogP contribution in [0.4, 0.5) is 10.5 Å². The molecule has 0 saturated carbocycles. The van der Waals surface area contributed by atoms with Crippen molar-refractivity contribution in [2.24, 2.45) is 5.92 Å². The molecule has 40 heavy (non-hydrogen) atoms. The molecule has 0 spiro atoms. The van der Waals surface area contributed by atoms with Gasteiger partial charge in [0.05, 0.1) is 0 Å². The molecule has 2 aromatic rings. The fraction of sp³-hybridized carbons (Fsp3) is 0.545. The molecular weight excluding hydrogens is 502 g/mol. The highest BCUT2D eigenvalue weighted by Gasteiger charge is 2.44. The van der Waals surface area contributed by atoms with Crippen molar-refractivity contribution in [2.45, 2.75) is 113 Å². The average Bonchev–Trinajstić information content (AvgIpc) is 2.82. The SMILES string of the molecule is CCC(C)(C)N(C(=O)C(NC(=O)OC(C)(C)C)C(C)C)C(C(=O)Nc1c(C)cccc1C)c1ccc(C)cc1C. The van der Waals surface area contributed by atoms with Crippen LogP contribution in [-0.4, -0.2) is 40.0 Å². The molecule has 2 unspecified atom stereocenters. The van der Waals surface area contributed by atoms with Gasteiger partial charge < -0.3 is 20.3 Å². The molecule has 2 N–H and O–H groups in total. The Hall–Kier alpha value is -3.35. The van der Waals surface area contributed by atoms with Crippen molar-refractivity contribution in [3.8, 4) is 0 Å². The van der Waals surface area contributed by atoms with E-state index < -0.39 is 29.3 Å². The maximum absolute atomic E-state index is 14.6. The normalized spacial score (nSPS) is 13.4. The lowest BCUT2D eigenvalue weighted by atomic mass is 9.88. The maximum atomic E-state index is 14.6. The quantitative estimate of drug-likeness (QED) is 0.346. The topological polar surface area (TPSA) is 87.7 Å². The van der Waals surface area contributed by atoms with E-state index in [9.17, 15) is 14.4 Å². The fourth-order valence-corrected chi connectivity index (χ4v) is 4.78. The smallest absolute Gasteiger partial charge is 0.408 e. The van der Waals surface area contributed by atoms with Gasteiger partial charge in [0.2, 0.25) is 5.91 Å². The van der Waals surface area contributed by atoms with E-state index in [4.69, 9.17) is 4.74 Å². The molecule has 0 radical (unpaired) electrons. The Morgan fingerprint density at radius 1 is 0.900 bits per heavy atom. The molecule has 7 heteroatoms. The van der Waals surface area contributed by atoms with Gasteiger partial charge in [0.15, 0.2) is 0 Å². The summed E-state index contributed by atoms with van der Waals surface area (Å²) in [6.45, 7) is 22.9. The van der Waals surface area contributed by atoms with Gasteiger partial charge in [-0.3, -0.25) is 9.59 Å². The Kier molecular flexibility index (Phi) is 10.6. The van der Waals surface area contributed by atoms with E-state index in [0.29, 0.717) is 6.42 Å². The summed E-state index contributed by atoms with van der Waals surface area (Å²) in [6.07, 6.45) is -0.0782. The van der Waals surface area contributed by atoms with Crippen LogP contribution in [0.3, 0.4) is 0 Å². The Balaban J connectivity index is 2.73. The average molecular weight is 552 g/mol. The molecule has 0 aliphatic heterocycles. The van der Waals surface area contributed by atoms with Crippen LogP contribution < -0.4 is 10.6 Å². The lowest BCUT2D eigenvalue weighted by Gasteiger charge is -2.45. The minimum absolute atomic E-state index is 0.253. The van der Waals surface area contributed by atoms with Crippen molar-refractivity contribution in [3.63, 3.8) is 0 Å². The number of carbonyl (C=O) groups is 3. The number of nitrogens with one attached hydrogen (secondary N) is 2. The van der Waals surface area contributed by atoms with Crippen LogP contribution in [0.1, 0.15) is 95.7 Å². The minimum atomic E-state index is -0.941. The Bertz CT molecular complexity index is 1210. The van der Waals surface area contributed by atoms with Gasteiger partial charge in [-0.2, -0.15) is 0 Å². The predicted octanol–water partition coefficient (Wildman–Crippen LogP) is 7.17. The standard InChI is InChI=1S/C33H49N3O4/c1-13-33(11,12)36(30(38)26(20(2)3)35-31(39)40-32(8,9)10)28(25-18-17-21(4)19-24(25)7)29(37)34-27-22(5)15-14-16-23(27)6/h14-20,26,28H,13H2,1-12H3,(H,34,37)(H,35,39). The van der Waals surface area contributed by atoms with E-state index in [1.165, 1.54) is 0 Å². The number of amides is 3. The highest BCUT2D eigenvalue weighted by molar-refractivity contribution is 6.00. The van der Waals surface area contributed by atoms with Gasteiger partial charge in [-0.15, -0.1) is 0 Å². The molecule has 220 valence electrons. The lowest BCUT2D eigenvalue weighted by Crippen LogP contribution is -2.60. The van der Waals surface area contributed by atoms with Crippen LogP contribution in [0.2, 0.25) is 0 Å². The van der Waals surface area contributed by atoms with Crippen molar-refractivity contribution >= 4 is 23.6 Å². The van der Waals surface area contributed by atoms with Gasteiger partial charge >= 0.3 is 6.09 Å². The van der Waals surface area contributed by atoms with Crippen LogP contribution >= 0.6 is 0 Å².